The van der Waals surface area contributed by atoms with Gasteiger partial charge in [-0.05, 0) is 48.5 Å². The molecule has 0 saturated heterocycles. The van der Waals surface area contributed by atoms with Crippen LogP contribution in [0.15, 0.2) is 70.2 Å². The molecule has 0 radical (unpaired) electrons. The molecule has 0 atom stereocenters. The lowest BCUT2D eigenvalue weighted by atomic mass is 10.2. The fraction of sp³-hybridized carbons (Fsp3) is 0.100. The maximum absolute atomic E-state index is 11.9. The molecule has 1 aromatic heterocycles. The molecule has 0 aliphatic rings. The van der Waals surface area contributed by atoms with Gasteiger partial charge < -0.3 is 14.5 Å². The summed E-state index contributed by atoms with van der Waals surface area (Å²) in [6, 6.07) is 18.3. The van der Waals surface area contributed by atoms with Crippen molar-refractivity contribution < 1.29 is 13.9 Å². The summed E-state index contributed by atoms with van der Waals surface area (Å²) in [6.07, 6.45) is 1.44. The maximum atomic E-state index is 11.9. The number of para-hydroxylation sites is 2. The van der Waals surface area contributed by atoms with Crippen LogP contribution in [-0.2, 0) is 4.79 Å². The first-order valence-electron chi connectivity index (χ1n) is 8.20. The van der Waals surface area contributed by atoms with Gasteiger partial charge >= 0.3 is 0 Å². The van der Waals surface area contributed by atoms with Crippen LogP contribution in [0.1, 0.15) is 5.76 Å². The number of amides is 1. The standard InChI is InChI=1S/C20H18ClN3O3/c1-26-19-5-3-2-4-17(19)22-13-20(25)24-23-12-16-10-11-18(27-16)14-6-8-15(21)9-7-14/h2-12,22H,13H2,1H3,(H,24,25)/b23-12+. The van der Waals surface area contributed by atoms with Gasteiger partial charge in [0.1, 0.15) is 17.3 Å². The summed E-state index contributed by atoms with van der Waals surface area (Å²) in [4.78, 5) is 11.9. The fourth-order valence-corrected chi connectivity index (χ4v) is 2.49. The number of nitrogens with zero attached hydrogens (tertiary/aromatic N) is 1. The number of carbonyl (C=O) groups is 1. The maximum Gasteiger partial charge on any atom is 0.259 e. The van der Waals surface area contributed by atoms with Crippen LogP contribution in [0.25, 0.3) is 11.3 Å². The van der Waals surface area contributed by atoms with Crippen LogP contribution in [-0.4, -0.2) is 25.8 Å². The fourth-order valence-electron chi connectivity index (χ4n) is 2.37. The lowest BCUT2D eigenvalue weighted by Gasteiger charge is -2.09. The van der Waals surface area contributed by atoms with Gasteiger partial charge in [0.15, 0.2) is 0 Å². The van der Waals surface area contributed by atoms with Crippen molar-refractivity contribution in [2.45, 2.75) is 0 Å². The van der Waals surface area contributed by atoms with Gasteiger partial charge in [-0.25, -0.2) is 5.43 Å². The third-order valence-corrected chi connectivity index (χ3v) is 3.93. The van der Waals surface area contributed by atoms with Gasteiger partial charge in [0.2, 0.25) is 0 Å². The molecule has 0 bridgehead atoms. The van der Waals surface area contributed by atoms with Gasteiger partial charge in [-0.3, -0.25) is 4.79 Å². The van der Waals surface area contributed by atoms with E-state index in [4.69, 9.17) is 20.8 Å². The Bertz CT molecular complexity index is 936. The molecular weight excluding hydrogens is 366 g/mol. The number of carbonyl (C=O) groups excluding carboxylic acids is 1. The number of ether oxygens (including phenoxy) is 1. The van der Waals surface area contributed by atoms with Gasteiger partial charge in [-0.2, -0.15) is 5.10 Å². The molecule has 27 heavy (non-hydrogen) atoms. The lowest BCUT2D eigenvalue weighted by Crippen LogP contribution is -2.26. The van der Waals surface area contributed by atoms with E-state index in [1.165, 1.54) is 6.21 Å². The summed E-state index contributed by atoms with van der Waals surface area (Å²) in [5.41, 5.74) is 4.09. The van der Waals surface area contributed by atoms with Gasteiger partial charge in [0.05, 0.1) is 25.6 Å². The summed E-state index contributed by atoms with van der Waals surface area (Å²) < 4.78 is 10.9. The number of hydrogen-bond acceptors (Lipinski definition) is 5. The average molecular weight is 384 g/mol. The molecule has 2 N–H and O–H groups in total. The summed E-state index contributed by atoms with van der Waals surface area (Å²) in [7, 11) is 1.58. The van der Waals surface area contributed by atoms with Crippen molar-refractivity contribution in [3.05, 3.63) is 71.4 Å². The first kappa shape index (κ1) is 18.5. The second-order valence-electron chi connectivity index (χ2n) is 5.56. The zero-order valence-corrected chi connectivity index (χ0v) is 15.4. The topological polar surface area (TPSA) is 75.9 Å². The van der Waals surface area contributed by atoms with E-state index in [0.29, 0.717) is 22.3 Å². The second kappa shape index (κ2) is 8.91. The summed E-state index contributed by atoms with van der Waals surface area (Å²) in [6.45, 7) is 0.0614. The Morgan fingerprint density at radius 1 is 1.15 bits per heavy atom. The Labute approximate surface area is 161 Å². The number of nitrogens with one attached hydrogen (secondary N) is 2. The first-order valence-corrected chi connectivity index (χ1v) is 8.58. The van der Waals surface area contributed by atoms with Crippen molar-refractivity contribution >= 4 is 29.4 Å². The molecule has 0 aliphatic carbocycles. The van der Waals surface area contributed by atoms with Crippen LogP contribution < -0.4 is 15.5 Å². The van der Waals surface area contributed by atoms with Crippen LogP contribution in [0.5, 0.6) is 5.75 Å². The SMILES string of the molecule is COc1ccccc1NCC(=O)N/N=C/c1ccc(-c2ccc(Cl)cc2)o1. The Morgan fingerprint density at radius 3 is 2.70 bits per heavy atom. The van der Waals surface area contributed by atoms with Crippen molar-refractivity contribution in [2.75, 3.05) is 19.0 Å². The summed E-state index contributed by atoms with van der Waals surface area (Å²) >= 11 is 5.88. The first-order chi connectivity index (χ1) is 13.2. The molecule has 0 unspecified atom stereocenters. The van der Waals surface area contributed by atoms with E-state index in [-0.39, 0.29) is 12.5 Å². The molecular formula is C20H18ClN3O3. The molecule has 2 aromatic carbocycles. The van der Waals surface area contributed by atoms with Crippen molar-refractivity contribution in [1.82, 2.24) is 5.43 Å². The van der Waals surface area contributed by atoms with E-state index in [9.17, 15) is 4.79 Å². The van der Waals surface area contributed by atoms with Crippen LogP contribution in [0.4, 0.5) is 5.69 Å². The number of anilines is 1. The molecule has 3 aromatic rings. The number of benzene rings is 2. The molecule has 6 nitrogen and oxygen atoms in total. The highest BCUT2D eigenvalue weighted by Crippen LogP contribution is 2.23. The van der Waals surface area contributed by atoms with E-state index in [0.717, 1.165) is 11.3 Å². The molecule has 0 aliphatic heterocycles. The van der Waals surface area contributed by atoms with E-state index >= 15 is 0 Å². The predicted molar refractivity (Wildman–Crippen MR) is 106 cm³/mol. The second-order valence-corrected chi connectivity index (χ2v) is 5.99. The number of furan rings is 1. The number of hydrogen-bond donors (Lipinski definition) is 2. The molecule has 7 heteroatoms. The zero-order chi connectivity index (χ0) is 19.1. The van der Waals surface area contributed by atoms with Crippen molar-refractivity contribution in [3.63, 3.8) is 0 Å². The van der Waals surface area contributed by atoms with Crippen LogP contribution in [0.2, 0.25) is 5.02 Å². The zero-order valence-electron chi connectivity index (χ0n) is 14.6. The summed E-state index contributed by atoms with van der Waals surface area (Å²) in [5, 5.41) is 7.57. The number of rotatable bonds is 7. The Morgan fingerprint density at radius 2 is 1.93 bits per heavy atom. The Hall–Kier alpha value is -3.25. The molecule has 0 spiro atoms. The van der Waals surface area contributed by atoms with E-state index in [2.05, 4.69) is 15.8 Å². The highest BCUT2D eigenvalue weighted by Gasteiger charge is 2.05. The number of hydrazone groups is 1. The smallest absolute Gasteiger partial charge is 0.259 e. The quantitative estimate of drug-likeness (QED) is 0.474. The molecule has 3 rings (SSSR count). The predicted octanol–water partition coefficient (Wildman–Crippen LogP) is 4.17. The van der Waals surface area contributed by atoms with Crippen molar-refractivity contribution in [2.24, 2.45) is 5.10 Å². The molecule has 0 fully saturated rings. The van der Waals surface area contributed by atoms with E-state index < -0.39 is 0 Å². The third-order valence-electron chi connectivity index (χ3n) is 3.68. The van der Waals surface area contributed by atoms with Gasteiger partial charge in [0.25, 0.3) is 5.91 Å². The van der Waals surface area contributed by atoms with Crippen LogP contribution >= 0.6 is 11.6 Å². The molecule has 1 heterocycles. The monoisotopic (exact) mass is 383 g/mol. The lowest BCUT2D eigenvalue weighted by molar-refractivity contribution is -0.119. The van der Waals surface area contributed by atoms with Gasteiger partial charge in [-0.1, -0.05) is 23.7 Å². The van der Waals surface area contributed by atoms with Crippen LogP contribution in [0, 0.1) is 0 Å². The minimum absolute atomic E-state index is 0.0614. The Balaban J connectivity index is 1.51. The minimum atomic E-state index is -0.290. The molecule has 138 valence electrons. The number of methoxy groups -OCH3 is 1. The van der Waals surface area contributed by atoms with Gasteiger partial charge in [-0.15, -0.1) is 0 Å². The summed E-state index contributed by atoms with van der Waals surface area (Å²) in [5.74, 6) is 1.59. The largest absolute Gasteiger partial charge is 0.495 e. The number of halogens is 1. The van der Waals surface area contributed by atoms with Crippen molar-refractivity contribution in [1.29, 1.82) is 0 Å². The normalized spacial score (nSPS) is 10.7. The van der Waals surface area contributed by atoms with Crippen LogP contribution in [0.3, 0.4) is 0 Å². The molecule has 0 saturated carbocycles. The van der Waals surface area contributed by atoms with E-state index in [1.807, 2.05) is 42.5 Å². The molecule has 1 amide bonds. The Kier molecular flexibility index (Phi) is 6.12. The van der Waals surface area contributed by atoms with Crippen molar-refractivity contribution in [3.8, 4) is 17.1 Å². The highest BCUT2D eigenvalue weighted by molar-refractivity contribution is 6.30. The highest BCUT2D eigenvalue weighted by atomic mass is 35.5. The third kappa shape index (κ3) is 5.12. The minimum Gasteiger partial charge on any atom is -0.495 e. The van der Waals surface area contributed by atoms with E-state index in [1.54, 1.807) is 25.3 Å². The average Bonchev–Trinajstić information content (AvgIpc) is 3.16. The van der Waals surface area contributed by atoms with Gasteiger partial charge in [0, 0.05) is 10.6 Å².